The van der Waals surface area contributed by atoms with Gasteiger partial charge < -0.3 is 15.4 Å². The molecule has 1 aromatic heterocycles. The summed E-state index contributed by atoms with van der Waals surface area (Å²) in [6.07, 6.45) is 1.76. The van der Waals surface area contributed by atoms with Crippen LogP contribution in [0.25, 0.3) is 0 Å². The van der Waals surface area contributed by atoms with Crippen LogP contribution in [0.5, 0.6) is 0 Å². The first-order chi connectivity index (χ1) is 11.0. The van der Waals surface area contributed by atoms with Crippen molar-refractivity contribution in [1.29, 1.82) is 0 Å². The van der Waals surface area contributed by atoms with E-state index < -0.39 is 0 Å². The fourth-order valence-electron chi connectivity index (χ4n) is 2.72. The molecular formula is C16H28N4O2S. The minimum Gasteiger partial charge on any atom is -0.379 e. The van der Waals surface area contributed by atoms with Gasteiger partial charge >= 0.3 is 6.03 Å². The maximum Gasteiger partial charge on any atom is 0.314 e. The monoisotopic (exact) mass is 340 g/mol. The van der Waals surface area contributed by atoms with Gasteiger partial charge in [-0.15, -0.1) is 11.3 Å². The molecule has 1 fully saturated rings. The van der Waals surface area contributed by atoms with Crippen molar-refractivity contribution in [1.82, 2.24) is 20.5 Å². The number of hydrogen-bond donors (Lipinski definition) is 2. The highest BCUT2D eigenvalue weighted by molar-refractivity contribution is 7.09. The van der Waals surface area contributed by atoms with Gasteiger partial charge in [0.15, 0.2) is 0 Å². The molecule has 130 valence electrons. The second-order valence-electron chi connectivity index (χ2n) is 6.17. The van der Waals surface area contributed by atoms with Gasteiger partial charge in [0.05, 0.1) is 23.9 Å². The third-order valence-corrected chi connectivity index (χ3v) is 5.32. The van der Waals surface area contributed by atoms with E-state index in [1.165, 1.54) is 0 Å². The maximum atomic E-state index is 12.0. The molecule has 2 rings (SSSR count). The van der Waals surface area contributed by atoms with Crippen LogP contribution in [-0.2, 0) is 11.2 Å². The number of amides is 2. The Labute approximate surface area is 142 Å². The summed E-state index contributed by atoms with van der Waals surface area (Å²) in [5.41, 5.74) is 1.02. The number of aromatic nitrogens is 1. The average molecular weight is 340 g/mol. The van der Waals surface area contributed by atoms with Crippen LogP contribution in [0.4, 0.5) is 4.79 Å². The lowest BCUT2D eigenvalue weighted by molar-refractivity contribution is -0.0164. The Morgan fingerprint density at radius 2 is 2.17 bits per heavy atom. The van der Waals surface area contributed by atoms with Crippen molar-refractivity contribution in [2.75, 3.05) is 39.4 Å². The van der Waals surface area contributed by atoms with Gasteiger partial charge in [-0.05, 0) is 20.3 Å². The molecule has 0 unspecified atom stereocenters. The Balaban J connectivity index is 1.71. The molecule has 0 radical (unpaired) electrons. The highest BCUT2D eigenvalue weighted by Gasteiger charge is 2.31. The van der Waals surface area contributed by atoms with Crippen LogP contribution in [0.15, 0.2) is 5.38 Å². The van der Waals surface area contributed by atoms with Crippen LogP contribution in [-0.4, -0.2) is 60.8 Å². The smallest absolute Gasteiger partial charge is 0.314 e. The Hall–Kier alpha value is -1.18. The standard InChI is InChI=1S/C16H28N4O2S/c1-4-16(3,20-7-9-22-10-8-20)12-18-15(21)17-6-5-14-11-23-13(2)19-14/h11H,4-10,12H2,1-3H3,(H2,17,18,21)/t16-/m0/s1. The highest BCUT2D eigenvalue weighted by Crippen LogP contribution is 2.19. The summed E-state index contributed by atoms with van der Waals surface area (Å²) >= 11 is 1.64. The first-order valence-corrected chi connectivity index (χ1v) is 9.17. The van der Waals surface area contributed by atoms with Crippen molar-refractivity contribution >= 4 is 17.4 Å². The molecule has 0 saturated carbocycles. The summed E-state index contributed by atoms with van der Waals surface area (Å²) < 4.78 is 5.42. The number of nitrogens with zero attached hydrogens (tertiary/aromatic N) is 2. The molecule has 6 nitrogen and oxygen atoms in total. The molecular weight excluding hydrogens is 312 g/mol. The summed E-state index contributed by atoms with van der Waals surface area (Å²) in [5.74, 6) is 0. The normalized spacial score (nSPS) is 18.4. The van der Waals surface area contributed by atoms with Crippen molar-refractivity contribution in [3.63, 3.8) is 0 Å². The van der Waals surface area contributed by atoms with E-state index in [0.717, 1.165) is 49.8 Å². The lowest BCUT2D eigenvalue weighted by atomic mass is 9.95. The summed E-state index contributed by atoms with van der Waals surface area (Å²) in [4.78, 5) is 18.8. The topological polar surface area (TPSA) is 66.5 Å². The van der Waals surface area contributed by atoms with Crippen molar-refractivity contribution in [3.8, 4) is 0 Å². The quantitative estimate of drug-likeness (QED) is 0.794. The SMILES string of the molecule is CC[C@@](C)(CNC(=O)NCCc1csc(C)n1)N1CCOCC1. The molecule has 7 heteroatoms. The van der Waals surface area contributed by atoms with Gasteiger partial charge in [0.1, 0.15) is 0 Å². The van der Waals surface area contributed by atoms with Gasteiger partial charge in [0.2, 0.25) is 0 Å². The number of carbonyl (C=O) groups is 1. The van der Waals surface area contributed by atoms with Crippen LogP contribution in [0, 0.1) is 6.92 Å². The number of morpholine rings is 1. The molecule has 1 aliphatic heterocycles. The van der Waals surface area contributed by atoms with Gasteiger partial charge in [-0.2, -0.15) is 0 Å². The van der Waals surface area contributed by atoms with E-state index in [1.54, 1.807) is 11.3 Å². The lowest BCUT2D eigenvalue weighted by Gasteiger charge is -2.43. The van der Waals surface area contributed by atoms with E-state index in [0.29, 0.717) is 13.1 Å². The van der Waals surface area contributed by atoms with E-state index in [1.807, 2.05) is 12.3 Å². The Morgan fingerprint density at radius 1 is 1.43 bits per heavy atom. The Bertz CT molecular complexity index is 502. The molecule has 1 aliphatic rings. The highest BCUT2D eigenvalue weighted by atomic mass is 32.1. The number of aryl methyl sites for hydroxylation is 1. The minimum absolute atomic E-state index is 0.0207. The molecule has 1 aromatic rings. The first-order valence-electron chi connectivity index (χ1n) is 8.29. The minimum atomic E-state index is -0.107. The molecule has 1 saturated heterocycles. The summed E-state index contributed by atoms with van der Waals surface area (Å²) in [5, 5.41) is 9.03. The predicted octanol–water partition coefficient (Wildman–Crippen LogP) is 1.79. The van der Waals surface area contributed by atoms with Crippen LogP contribution >= 0.6 is 11.3 Å². The first kappa shape index (κ1) is 18.2. The van der Waals surface area contributed by atoms with Gasteiger partial charge in [0, 0.05) is 43.5 Å². The zero-order valence-corrected chi connectivity index (χ0v) is 15.2. The van der Waals surface area contributed by atoms with Crippen LogP contribution in [0.3, 0.4) is 0 Å². The van der Waals surface area contributed by atoms with Crippen molar-refractivity contribution < 1.29 is 9.53 Å². The fourth-order valence-corrected chi connectivity index (χ4v) is 3.37. The third-order valence-electron chi connectivity index (χ3n) is 4.50. The zero-order valence-electron chi connectivity index (χ0n) is 14.4. The fraction of sp³-hybridized carbons (Fsp3) is 0.750. The molecule has 0 spiro atoms. The Kier molecular flexibility index (Phi) is 6.80. The van der Waals surface area contributed by atoms with E-state index in [4.69, 9.17) is 4.74 Å². The number of hydrogen-bond acceptors (Lipinski definition) is 5. The van der Waals surface area contributed by atoms with Gasteiger partial charge in [-0.3, -0.25) is 4.90 Å². The summed E-state index contributed by atoms with van der Waals surface area (Å²) in [6, 6.07) is -0.107. The van der Waals surface area contributed by atoms with Crippen molar-refractivity contribution in [2.24, 2.45) is 0 Å². The summed E-state index contributed by atoms with van der Waals surface area (Å²) in [6.45, 7) is 11.0. The predicted molar refractivity (Wildman–Crippen MR) is 93.0 cm³/mol. The molecule has 2 N–H and O–H groups in total. The van der Waals surface area contributed by atoms with Gasteiger partial charge in [-0.1, -0.05) is 6.92 Å². The molecule has 2 heterocycles. The third kappa shape index (κ3) is 5.44. The van der Waals surface area contributed by atoms with Gasteiger partial charge in [-0.25, -0.2) is 9.78 Å². The van der Waals surface area contributed by atoms with Crippen molar-refractivity contribution in [2.45, 2.75) is 39.2 Å². The van der Waals surface area contributed by atoms with E-state index in [-0.39, 0.29) is 11.6 Å². The molecule has 1 atom stereocenters. The van der Waals surface area contributed by atoms with E-state index >= 15 is 0 Å². The Morgan fingerprint density at radius 3 is 2.78 bits per heavy atom. The number of rotatable bonds is 7. The number of urea groups is 1. The molecule has 0 bridgehead atoms. The second kappa shape index (κ2) is 8.61. The van der Waals surface area contributed by atoms with Crippen LogP contribution in [0.2, 0.25) is 0 Å². The van der Waals surface area contributed by atoms with Crippen LogP contribution in [0.1, 0.15) is 31.0 Å². The second-order valence-corrected chi connectivity index (χ2v) is 7.23. The number of thiazole rings is 1. The molecule has 0 aliphatic carbocycles. The number of nitrogens with one attached hydrogen (secondary N) is 2. The summed E-state index contributed by atoms with van der Waals surface area (Å²) in [7, 11) is 0. The molecule has 23 heavy (non-hydrogen) atoms. The van der Waals surface area contributed by atoms with Crippen LogP contribution < -0.4 is 10.6 Å². The van der Waals surface area contributed by atoms with Crippen molar-refractivity contribution in [3.05, 3.63) is 16.1 Å². The average Bonchev–Trinajstić information content (AvgIpc) is 2.99. The maximum absolute atomic E-state index is 12.0. The zero-order chi connectivity index (χ0) is 16.7. The van der Waals surface area contributed by atoms with Gasteiger partial charge in [0.25, 0.3) is 0 Å². The largest absolute Gasteiger partial charge is 0.379 e. The lowest BCUT2D eigenvalue weighted by Crippen LogP contribution is -2.57. The number of carbonyl (C=O) groups excluding carboxylic acids is 1. The van der Waals surface area contributed by atoms with E-state index in [9.17, 15) is 4.79 Å². The molecule has 0 aromatic carbocycles. The molecule has 2 amide bonds. The number of ether oxygens (including phenoxy) is 1. The van der Waals surface area contributed by atoms with E-state index in [2.05, 4.69) is 34.4 Å².